The monoisotopic (exact) mass is 536 g/mol. The highest BCUT2D eigenvalue weighted by Gasteiger charge is 2.36. The Balaban J connectivity index is 1.28. The Labute approximate surface area is 232 Å². The number of aliphatic hydroxyl groups excluding tert-OH is 1. The number of nitrogens with one attached hydrogen (secondary N) is 2. The number of aliphatic hydroxyl groups is 1. The summed E-state index contributed by atoms with van der Waals surface area (Å²) >= 11 is 0. The molecule has 0 aromatic heterocycles. The van der Waals surface area contributed by atoms with Crippen LogP contribution in [0.25, 0.3) is 0 Å². The molecule has 2 aromatic carbocycles. The highest BCUT2D eigenvalue weighted by Crippen LogP contribution is 2.38. The fraction of sp³-hybridized carbons (Fsp3) is 0.581. The van der Waals surface area contributed by atoms with Gasteiger partial charge in [-0.1, -0.05) is 48.5 Å². The van der Waals surface area contributed by atoms with Crippen molar-refractivity contribution in [2.24, 2.45) is 0 Å². The van der Waals surface area contributed by atoms with Crippen LogP contribution in [0.1, 0.15) is 73.7 Å². The summed E-state index contributed by atoms with van der Waals surface area (Å²) in [6.45, 7) is 8.70. The third-order valence-electron chi connectivity index (χ3n) is 8.26. The normalized spacial score (nSPS) is 26.1. The van der Waals surface area contributed by atoms with Crippen molar-refractivity contribution < 1.29 is 19.4 Å². The Morgan fingerprint density at radius 1 is 0.897 bits per heavy atom. The maximum Gasteiger partial charge on any atom is 0.315 e. The van der Waals surface area contributed by atoms with Gasteiger partial charge < -0.3 is 30.1 Å². The molecule has 5 rings (SSSR count). The zero-order valence-electron chi connectivity index (χ0n) is 23.2. The van der Waals surface area contributed by atoms with Crippen molar-refractivity contribution in [3.8, 4) is 0 Å². The average molecular weight is 537 g/mol. The molecular weight excluding hydrogens is 492 g/mol. The maximum atomic E-state index is 11.8. The first-order valence-electron chi connectivity index (χ1n) is 14.7. The second kappa shape index (κ2) is 13.7. The molecule has 2 amide bonds. The summed E-state index contributed by atoms with van der Waals surface area (Å²) in [6.07, 6.45) is 5.49. The minimum Gasteiger partial charge on any atom is -0.392 e. The van der Waals surface area contributed by atoms with Crippen LogP contribution in [0.2, 0.25) is 0 Å². The average Bonchev–Trinajstić information content (AvgIpc) is 3.65. The van der Waals surface area contributed by atoms with Crippen molar-refractivity contribution in [3.63, 3.8) is 0 Å². The number of carbonyl (C=O) groups is 1. The highest BCUT2D eigenvalue weighted by atomic mass is 16.7. The van der Waals surface area contributed by atoms with E-state index in [1.807, 2.05) is 43.3 Å². The van der Waals surface area contributed by atoms with Gasteiger partial charge in [-0.05, 0) is 68.9 Å². The van der Waals surface area contributed by atoms with E-state index in [1.165, 1.54) is 45.3 Å². The summed E-state index contributed by atoms with van der Waals surface area (Å²) in [5, 5.41) is 15.1. The predicted octanol–water partition coefficient (Wildman–Crippen LogP) is 4.10. The largest absolute Gasteiger partial charge is 0.392 e. The molecule has 3 saturated heterocycles. The SMILES string of the molecule is CCNC(=O)NCc1ccc(C2OC(CN3CCCC3CN3CCCC3)CC(c3ccc(CO)cc3)O2)cc1. The number of nitrogens with zero attached hydrogens (tertiary/aromatic N) is 2. The van der Waals surface area contributed by atoms with Crippen LogP contribution in [0.15, 0.2) is 48.5 Å². The first kappa shape index (κ1) is 28.1. The van der Waals surface area contributed by atoms with Gasteiger partial charge in [-0.2, -0.15) is 0 Å². The Bertz CT molecular complexity index is 1040. The molecule has 3 aliphatic rings. The van der Waals surface area contributed by atoms with Gasteiger partial charge in [-0.3, -0.25) is 4.90 Å². The zero-order chi connectivity index (χ0) is 27.0. The lowest BCUT2D eigenvalue weighted by Gasteiger charge is -2.39. The van der Waals surface area contributed by atoms with E-state index in [-0.39, 0.29) is 24.8 Å². The molecule has 8 heteroatoms. The lowest BCUT2D eigenvalue weighted by Crippen LogP contribution is -2.45. The molecule has 3 fully saturated rings. The van der Waals surface area contributed by atoms with Crippen LogP contribution >= 0.6 is 0 Å². The van der Waals surface area contributed by atoms with E-state index in [9.17, 15) is 9.90 Å². The van der Waals surface area contributed by atoms with Gasteiger partial charge in [0.1, 0.15) is 0 Å². The molecule has 0 spiro atoms. The Kier molecular flexibility index (Phi) is 9.87. The minimum atomic E-state index is -0.462. The summed E-state index contributed by atoms with van der Waals surface area (Å²) in [4.78, 5) is 17.0. The van der Waals surface area contributed by atoms with Crippen molar-refractivity contribution >= 4 is 6.03 Å². The van der Waals surface area contributed by atoms with Crippen molar-refractivity contribution in [1.29, 1.82) is 0 Å². The quantitative estimate of drug-likeness (QED) is 0.424. The topological polar surface area (TPSA) is 86.3 Å². The maximum absolute atomic E-state index is 11.8. The van der Waals surface area contributed by atoms with Gasteiger partial charge in [-0.25, -0.2) is 4.79 Å². The van der Waals surface area contributed by atoms with Crippen molar-refractivity contribution in [2.75, 3.05) is 39.3 Å². The van der Waals surface area contributed by atoms with E-state index in [4.69, 9.17) is 9.47 Å². The fourth-order valence-electron chi connectivity index (χ4n) is 6.10. The summed E-state index contributed by atoms with van der Waals surface area (Å²) in [5.41, 5.74) is 4.02. The van der Waals surface area contributed by atoms with Crippen LogP contribution < -0.4 is 10.6 Å². The molecule has 3 heterocycles. The molecule has 0 bridgehead atoms. The van der Waals surface area contributed by atoms with Crippen LogP contribution in [0.4, 0.5) is 4.79 Å². The van der Waals surface area contributed by atoms with Gasteiger partial charge in [0.15, 0.2) is 6.29 Å². The molecule has 3 aliphatic heterocycles. The number of carbonyl (C=O) groups excluding carboxylic acids is 1. The summed E-state index contributed by atoms with van der Waals surface area (Å²) in [6, 6.07) is 16.7. The number of likely N-dealkylation sites (tertiary alicyclic amines) is 2. The van der Waals surface area contributed by atoms with Crippen LogP contribution in [0.5, 0.6) is 0 Å². The van der Waals surface area contributed by atoms with Crippen molar-refractivity contribution in [2.45, 2.75) is 76.7 Å². The van der Waals surface area contributed by atoms with Gasteiger partial charge in [0.25, 0.3) is 0 Å². The first-order valence-corrected chi connectivity index (χ1v) is 14.7. The van der Waals surface area contributed by atoms with Crippen LogP contribution in [0.3, 0.4) is 0 Å². The van der Waals surface area contributed by atoms with Crippen LogP contribution in [-0.2, 0) is 22.6 Å². The van der Waals surface area contributed by atoms with Crippen LogP contribution in [-0.4, -0.2) is 72.4 Å². The molecule has 39 heavy (non-hydrogen) atoms. The van der Waals surface area contributed by atoms with Gasteiger partial charge in [0.2, 0.25) is 0 Å². The van der Waals surface area contributed by atoms with E-state index in [0.29, 0.717) is 19.1 Å². The minimum absolute atomic E-state index is 0.0365. The van der Waals surface area contributed by atoms with E-state index < -0.39 is 6.29 Å². The second-order valence-electron chi connectivity index (χ2n) is 11.1. The third-order valence-corrected chi connectivity index (χ3v) is 8.26. The molecule has 3 N–H and O–H groups in total. The molecule has 8 nitrogen and oxygen atoms in total. The standard InChI is InChI=1S/C31H44N4O4/c1-2-32-31(37)33-19-23-7-13-26(14-8-23)30-38-28(18-29(39-30)25-11-9-24(22-36)10-12-25)21-35-17-5-6-27(35)20-34-15-3-4-16-34/h7-14,27-30,36H,2-6,15-22H2,1H3,(H2,32,33,37). The van der Waals surface area contributed by atoms with Crippen molar-refractivity contribution in [3.05, 3.63) is 70.8 Å². The van der Waals surface area contributed by atoms with E-state index in [2.05, 4.69) is 32.6 Å². The number of benzene rings is 2. The Morgan fingerprint density at radius 2 is 1.62 bits per heavy atom. The number of ether oxygens (including phenoxy) is 2. The first-order chi connectivity index (χ1) is 19.1. The van der Waals surface area contributed by atoms with Crippen LogP contribution in [0, 0.1) is 0 Å². The molecule has 4 atom stereocenters. The lowest BCUT2D eigenvalue weighted by molar-refractivity contribution is -0.253. The predicted molar refractivity (Wildman–Crippen MR) is 151 cm³/mol. The number of hydrogen-bond donors (Lipinski definition) is 3. The zero-order valence-corrected chi connectivity index (χ0v) is 23.2. The lowest BCUT2D eigenvalue weighted by atomic mass is 9.99. The Hall–Kier alpha value is -2.49. The molecule has 0 radical (unpaired) electrons. The molecular formula is C31H44N4O4. The van der Waals surface area contributed by atoms with Gasteiger partial charge in [0, 0.05) is 44.2 Å². The molecule has 212 valence electrons. The highest BCUT2D eigenvalue weighted by molar-refractivity contribution is 5.73. The molecule has 2 aromatic rings. The third kappa shape index (κ3) is 7.58. The van der Waals surface area contributed by atoms with E-state index in [1.54, 1.807) is 0 Å². The second-order valence-corrected chi connectivity index (χ2v) is 11.1. The van der Waals surface area contributed by atoms with Crippen molar-refractivity contribution in [1.82, 2.24) is 20.4 Å². The number of hydrogen-bond acceptors (Lipinski definition) is 6. The molecule has 0 aliphatic carbocycles. The summed E-state index contributed by atoms with van der Waals surface area (Å²) in [7, 11) is 0. The van der Waals surface area contributed by atoms with Gasteiger partial charge in [-0.15, -0.1) is 0 Å². The molecule has 0 saturated carbocycles. The van der Waals surface area contributed by atoms with E-state index >= 15 is 0 Å². The number of urea groups is 1. The Morgan fingerprint density at radius 3 is 2.33 bits per heavy atom. The summed E-state index contributed by atoms with van der Waals surface area (Å²) < 4.78 is 13.2. The number of rotatable bonds is 10. The van der Waals surface area contributed by atoms with Gasteiger partial charge >= 0.3 is 6.03 Å². The summed E-state index contributed by atoms with van der Waals surface area (Å²) in [5.74, 6) is 0. The van der Waals surface area contributed by atoms with Gasteiger partial charge in [0.05, 0.1) is 18.8 Å². The smallest absolute Gasteiger partial charge is 0.315 e. The number of amides is 2. The fourth-order valence-corrected chi connectivity index (χ4v) is 6.10. The van der Waals surface area contributed by atoms with E-state index in [0.717, 1.165) is 41.8 Å². The molecule has 4 unspecified atom stereocenters.